The van der Waals surface area contributed by atoms with Crippen LogP contribution in [0.1, 0.15) is 12.0 Å². The van der Waals surface area contributed by atoms with Crippen LogP contribution >= 0.6 is 11.8 Å². The van der Waals surface area contributed by atoms with Gasteiger partial charge in [0.1, 0.15) is 18.3 Å². The average Bonchev–Trinajstić information content (AvgIpc) is 3.37. The number of rotatable bonds is 13. The summed E-state index contributed by atoms with van der Waals surface area (Å²) in [5.41, 5.74) is 1.44. The molecule has 9 nitrogen and oxygen atoms in total. The lowest BCUT2D eigenvalue weighted by Crippen LogP contribution is -2.48. The zero-order valence-electron chi connectivity index (χ0n) is 19.5. The zero-order chi connectivity index (χ0) is 24.9. The topological polar surface area (TPSA) is 114 Å². The van der Waals surface area contributed by atoms with Crippen LogP contribution in [0, 0.1) is 0 Å². The maximum Gasteiger partial charge on any atom is 0.258 e. The molecule has 1 aromatic heterocycles. The SMILES string of the molecule is CSCCC(NC(=O)COc1ccccc1)C(=O)NCc1cccc(NC(=O)Cn2cccn2)c1. The highest BCUT2D eigenvalue weighted by Crippen LogP contribution is 2.11. The van der Waals surface area contributed by atoms with Gasteiger partial charge in [0.25, 0.3) is 5.91 Å². The van der Waals surface area contributed by atoms with E-state index < -0.39 is 6.04 Å². The second kappa shape index (κ2) is 13.8. The van der Waals surface area contributed by atoms with Gasteiger partial charge in [0.2, 0.25) is 11.8 Å². The number of nitrogens with one attached hydrogen (secondary N) is 3. The van der Waals surface area contributed by atoms with Gasteiger partial charge in [0, 0.05) is 24.6 Å². The van der Waals surface area contributed by atoms with E-state index >= 15 is 0 Å². The van der Waals surface area contributed by atoms with Crippen LogP contribution < -0.4 is 20.7 Å². The van der Waals surface area contributed by atoms with Gasteiger partial charge in [-0.05, 0) is 54.3 Å². The van der Waals surface area contributed by atoms with E-state index in [1.165, 1.54) is 4.68 Å². The molecule has 1 atom stereocenters. The van der Waals surface area contributed by atoms with Crippen molar-refractivity contribution in [2.75, 3.05) is 23.9 Å². The van der Waals surface area contributed by atoms with Crippen molar-refractivity contribution in [2.24, 2.45) is 0 Å². The third kappa shape index (κ3) is 9.17. The molecule has 0 saturated heterocycles. The Morgan fingerprint density at radius 2 is 1.89 bits per heavy atom. The maximum atomic E-state index is 12.8. The maximum absolute atomic E-state index is 12.8. The lowest BCUT2D eigenvalue weighted by atomic mass is 10.1. The highest BCUT2D eigenvalue weighted by Gasteiger charge is 2.20. The third-order valence-corrected chi connectivity index (χ3v) is 5.56. The molecule has 10 heteroatoms. The quantitative estimate of drug-likeness (QED) is 0.336. The highest BCUT2D eigenvalue weighted by atomic mass is 32.2. The van der Waals surface area contributed by atoms with E-state index in [1.807, 2.05) is 30.5 Å². The summed E-state index contributed by atoms with van der Waals surface area (Å²) in [7, 11) is 0. The molecule has 1 heterocycles. The number of carbonyl (C=O) groups is 3. The van der Waals surface area contributed by atoms with Crippen molar-refractivity contribution in [3.8, 4) is 5.75 Å². The first-order valence-corrected chi connectivity index (χ1v) is 12.5. The standard InChI is InChI=1S/C25H29N5O4S/c1-35-14-11-22(29-24(32)18-34-21-9-3-2-4-10-21)25(33)26-16-19-7-5-8-20(15-19)28-23(31)17-30-13-6-12-27-30/h2-10,12-13,15,22H,11,14,16-18H2,1H3,(H,26,33)(H,28,31)(H,29,32). The van der Waals surface area contributed by atoms with Crippen molar-refractivity contribution in [1.29, 1.82) is 0 Å². The molecule has 3 aromatic rings. The Balaban J connectivity index is 1.50. The van der Waals surface area contributed by atoms with Crippen LogP contribution in [-0.2, 0) is 27.5 Å². The number of nitrogens with zero attached hydrogens (tertiary/aromatic N) is 2. The molecule has 35 heavy (non-hydrogen) atoms. The Morgan fingerprint density at radius 3 is 2.63 bits per heavy atom. The summed E-state index contributed by atoms with van der Waals surface area (Å²) in [5, 5.41) is 12.5. The summed E-state index contributed by atoms with van der Waals surface area (Å²) >= 11 is 1.60. The molecular formula is C25H29N5O4S. The molecule has 1 unspecified atom stereocenters. The summed E-state index contributed by atoms with van der Waals surface area (Å²) in [4.78, 5) is 37.4. The van der Waals surface area contributed by atoms with Crippen LogP contribution in [0.2, 0.25) is 0 Å². The molecule has 2 aromatic carbocycles. The van der Waals surface area contributed by atoms with Gasteiger partial charge in [0.15, 0.2) is 6.61 Å². The van der Waals surface area contributed by atoms with E-state index in [2.05, 4.69) is 21.0 Å². The van der Waals surface area contributed by atoms with Gasteiger partial charge in [-0.3, -0.25) is 19.1 Å². The monoisotopic (exact) mass is 495 g/mol. The smallest absolute Gasteiger partial charge is 0.258 e. The fourth-order valence-electron chi connectivity index (χ4n) is 3.22. The minimum atomic E-state index is -0.675. The summed E-state index contributed by atoms with van der Waals surface area (Å²) < 4.78 is 7.01. The normalized spacial score (nSPS) is 11.3. The number of amides is 3. The molecule has 0 bridgehead atoms. The zero-order valence-corrected chi connectivity index (χ0v) is 20.3. The molecule has 0 saturated carbocycles. The fourth-order valence-corrected chi connectivity index (χ4v) is 3.69. The molecule has 0 radical (unpaired) electrons. The predicted molar refractivity (Wildman–Crippen MR) is 136 cm³/mol. The second-order valence-electron chi connectivity index (χ2n) is 7.67. The highest BCUT2D eigenvalue weighted by molar-refractivity contribution is 7.98. The molecule has 0 aliphatic carbocycles. The van der Waals surface area contributed by atoms with Gasteiger partial charge < -0.3 is 20.7 Å². The van der Waals surface area contributed by atoms with Crippen molar-refractivity contribution < 1.29 is 19.1 Å². The van der Waals surface area contributed by atoms with Crippen molar-refractivity contribution in [3.05, 3.63) is 78.6 Å². The number of anilines is 1. The Bertz CT molecular complexity index is 1090. The second-order valence-corrected chi connectivity index (χ2v) is 8.66. The first-order chi connectivity index (χ1) is 17.0. The number of para-hydroxylation sites is 1. The molecular weight excluding hydrogens is 466 g/mol. The molecule has 3 rings (SSSR count). The summed E-state index contributed by atoms with van der Waals surface area (Å²) in [6.45, 7) is 0.194. The van der Waals surface area contributed by atoms with Gasteiger partial charge in [0.05, 0.1) is 0 Å². The minimum Gasteiger partial charge on any atom is -0.484 e. The predicted octanol–water partition coefficient (Wildman–Crippen LogP) is 2.45. The number of hydrogen-bond acceptors (Lipinski definition) is 6. The van der Waals surface area contributed by atoms with Crippen molar-refractivity contribution in [3.63, 3.8) is 0 Å². The number of hydrogen-bond donors (Lipinski definition) is 3. The van der Waals surface area contributed by atoms with E-state index in [4.69, 9.17) is 4.74 Å². The molecule has 3 amide bonds. The van der Waals surface area contributed by atoms with E-state index in [9.17, 15) is 14.4 Å². The summed E-state index contributed by atoms with van der Waals surface area (Å²) in [6.07, 6.45) is 5.77. The lowest BCUT2D eigenvalue weighted by molar-refractivity contribution is -0.130. The van der Waals surface area contributed by atoms with E-state index in [1.54, 1.807) is 60.6 Å². The molecule has 0 spiro atoms. The van der Waals surface area contributed by atoms with Gasteiger partial charge in [-0.15, -0.1) is 0 Å². The van der Waals surface area contributed by atoms with Crippen molar-refractivity contribution >= 4 is 35.2 Å². The number of aromatic nitrogens is 2. The molecule has 0 aliphatic heterocycles. The Morgan fingerprint density at radius 1 is 1.06 bits per heavy atom. The van der Waals surface area contributed by atoms with Crippen LogP contribution in [0.15, 0.2) is 73.1 Å². The first kappa shape index (κ1) is 25.8. The van der Waals surface area contributed by atoms with Gasteiger partial charge in [-0.1, -0.05) is 30.3 Å². The van der Waals surface area contributed by atoms with Crippen LogP contribution in [0.5, 0.6) is 5.75 Å². The van der Waals surface area contributed by atoms with Crippen LogP contribution in [-0.4, -0.2) is 52.2 Å². The molecule has 184 valence electrons. The molecule has 0 aliphatic rings. The average molecular weight is 496 g/mol. The Kier molecular flexibility index (Phi) is 10.2. The van der Waals surface area contributed by atoms with Crippen molar-refractivity contribution in [2.45, 2.75) is 25.6 Å². The van der Waals surface area contributed by atoms with E-state index in [-0.39, 0.29) is 37.4 Å². The van der Waals surface area contributed by atoms with Gasteiger partial charge >= 0.3 is 0 Å². The fraction of sp³-hybridized carbons (Fsp3) is 0.280. The van der Waals surface area contributed by atoms with Gasteiger partial charge in [-0.25, -0.2) is 0 Å². The third-order valence-electron chi connectivity index (χ3n) is 4.92. The number of benzene rings is 2. The molecule has 3 N–H and O–H groups in total. The number of carbonyl (C=O) groups excluding carboxylic acids is 3. The summed E-state index contributed by atoms with van der Waals surface area (Å²) in [6, 6.07) is 17.3. The largest absolute Gasteiger partial charge is 0.484 e. The Labute approximate surface area is 208 Å². The van der Waals surface area contributed by atoms with Crippen molar-refractivity contribution in [1.82, 2.24) is 20.4 Å². The van der Waals surface area contributed by atoms with Gasteiger partial charge in [-0.2, -0.15) is 16.9 Å². The van der Waals surface area contributed by atoms with Crippen LogP contribution in [0.25, 0.3) is 0 Å². The minimum absolute atomic E-state index is 0.110. The Hall–Kier alpha value is -3.79. The molecule has 0 fully saturated rings. The van der Waals surface area contributed by atoms with E-state index in [0.29, 0.717) is 17.9 Å². The summed E-state index contributed by atoms with van der Waals surface area (Å²) in [5.74, 6) is 0.462. The number of ether oxygens (including phenoxy) is 1. The number of thioether (sulfide) groups is 1. The first-order valence-electron chi connectivity index (χ1n) is 11.1. The van der Waals surface area contributed by atoms with Crippen LogP contribution in [0.3, 0.4) is 0 Å². The van der Waals surface area contributed by atoms with E-state index in [0.717, 1.165) is 11.3 Å². The van der Waals surface area contributed by atoms with Crippen LogP contribution in [0.4, 0.5) is 5.69 Å². The lowest BCUT2D eigenvalue weighted by Gasteiger charge is -2.18.